The lowest BCUT2D eigenvalue weighted by molar-refractivity contribution is 0.578. The van der Waals surface area contributed by atoms with Gasteiger partial charge in [0, 0.05) is 0 Å². The van der Waals surface area contributed by atoms with E-state index in [2.05, 4.69) is 40.1 Å². The molecule has 15 heavy (non-hydrogen) atoms. The van der Waals surface area contributed by atoms with Crippen LogP contribution >= 0.6 is 22.9 Å². The summed E-state index contributed by atoms with van der Waals surface area (Å²) in [6, 6.07) is 0. The Kier molecular flexibility index (Phi) is 2.49. The molecule has 0 amide bonds. The van der Waals surface area contributed by atoms with E-state index in [0.29, 0.717) is 0 Å². The zero-order valence-electron chi connectivity index (χ0n) is 8.99. The number of aryl methyl sites for hydroxylation is 1. The van der Waals surface area contributed by atoms with Crippen LogP contribution in [0.4, 0.5) is 0 Å². The Morgan fingerprint density at radius 2 is 2.07 bits per heavy atom. The van der Waals surface area contributed by atoms with Gasteiger partial charge in [0.2, 0.25) is 0 Å². The van der Waals surface area contributed by atoms with Crippen LogP contribution in [0, 0.1) is 17.8 Å². The van der Waals surface area contributed by atoms with Crippen LogP contribution in [0.2, 0.25) is 0 Å². The van der Waals surface area contributed by atoms with Crippen molar-refractivity contribution in [1.82, 2.24) is 13.2 Å². The van der Waals surface area contributed by atoms with E-state index in [-0.39, 0.29) is 0 Å². The summed E-state index contributed by atoms with van der Waals surface area (Å²) in [5, 5.41) is 8.38. The van der Waals surface area contributed by atoms with Gasteiger partial charge < -0.3 is 0 Å². The van der Waals surface area contributed by atoms with Gasteiger partial charge in [-0.25, -0.2) is 0 Å². The van der Waals surface area contributed by atoms with Crippen molar-refractivity contribution in [3.63, 3.8) is 0 Å². The van der Waals surface area contributed by atoms with Gasteiger partial charge in [-0.15, -0.1) is 5.10 Å². The Morgan fingerprint density at radius 3 is 2.80 bits per heavy atom. The van der Waals surface area contributed by atoms with Crippen LogP contribution in [0.5, 0.6) is 0 Å². The number of hydrogen-bond donors (Lipinski definition) is 0. The Bertz CT molecular complexity index is 374. The average molecular weight is 317 g/mol. The summed E-state index contributed by atoms with van der Waals surface area (Å²) >= 11 is 2.25. The second-order valence-corrected chi connectivity index (χ2v) is 5.73. The van der Waals surface area contributed by atoms with Crippen molar-refractivity contribution in [2.24, 2.45) is 17.8 Å². The number of fused-ring (bicyclic) bond motifs is 2. The van der Waals surface area contributed by atoms with Gasteiger partial charge in [0.15, 0.2) is 0 Å². The van der Waals surface area contributed by atoms with Crippen molar-refractivity contribution in [2.45, 2.75) is 39.0 Å². The normalized spacial score (nSPS) is 33.9. The molecular weight excluding hydrogens is 301 g/mol. The van der Waals surface area contributed by atoms with Crippen molar-refractivity contribution >= 4 is 22.9 Å². The maximum Gasteiger partial charge on any atom is 0.0868 e. The van der Waals surface area contributed by atoms with E-state index in [1.54, 1.807) is 0 Å². The van der Waals surface area contributed by atoms with E-state index in [1.165, 1.54) is 37.1 Å². The van der Waals surface area contributed by atoms with E-state index in [9.17, 15) is 0 Å². The Balaban J connectivity index is 1.80. The molecule has 0 aliphatic heterocycles. The second kappa shape index (κ2) is 3.71. The first-order valence-electron chi connectivity index (χ1n) is 5.91. The number of halogens is 1. The molecule has 1 heterocycles. The first-order valence-corrected chi connectivity index (χ1v) is 6.87. The Labute approximate surface area is 104 Å². The largest absolute Gasteiger partial charge is 0.188 e. The Hall–Kier alpha value is -0.130. The van der Waals surface area contributed by atoms with Crippen LogP contribution in [-0.4, -0.2) is 13.2 Å². The highest BCUT2D eigenvalue weighted by atomic mass is 127. The molecule has 1 aromatic heterocycles. The van der Waals surface area contributed by atoms with Crippen LogP contribution in [0.1, 0.15) is 37.6 Å². The van der Waals surface area contributed by atoms with Crippen LogP contribution in [-0.2, 0) is 12.8 Å². The van der Waals surface area contributed by atoms with E-state index in [4.69, 9.17) is 0 Å². The smallest absolute Gasteiger partial charge is 0.0868 e. The lowest BCUT2D eigenvalue weighted by Crippen LogP contribution is -2.02. The summed E-state index contributed by atoms with van der Waals surface area (Å²) in [5.74, 6) is 3.03. The molecule has 2 aliphatic carbocycles. The molecule has 1 saturated carbocycles. The van der Waals surface area contributed by atoms with Gasteiger partial charge in [0.25, 0.3) is 0 Å². The van der Waals surface area contributed by atoms with Crippen molar-refractivity contribution in [3.8, 4) is 0 Å². The maximum atomic E-state index is 4.27. The molecule has 3 rings (SSSR count). The molecule has 1 aromatic rings. The number of nitrogens with zero attached hydrogens (tertiary/aromatic N) is 3. The fourth-order valence-corrected chi connectivity index (χ4v) is 3.95. The minimum atomic E-state index is 1.00. The summed E-state index contributed by atoms with van der Waals surface area (Å²) in [7, 11) is 0. The number of rotatable bonds is 1. The van der Waals surface area contributed by atoms with Crippen LogP contribution in [0.3, 0.4) is 0 Å². The first kappa shape index (κ1) is 10.1. The van der Waals surface area contributed by atoms with Crippen LogP contribution < -0.4 is 0 Å². The SMILES string of the molecule is CC[C@H]1[C@H]2CCc3c(nnn3I)CC[C@@H]12. The minimum Gasteiger partial charge on any atom is -0.188 e. The van der Waals surface area contributed by atoms with Crippen molar-refractivity contribution in [3.05, 3.63) is 11.4 Å². The second-order valence-electron chi connectivity index (χ2n) is 4.82. The monoisotopic (exact) mass is 317 g/mol. The van der Waals surface area contributed by atoms with Gasteiger partial charge in [-0.2, -0.15) is 2.90 Å². The highest BCUT2D eigenvalue weighted by molar-refractivity contribution is 14.1. The molecule has 3 atom stereocenters. The molecule has 0 unspecified atom stereocenters. The summed E-state index contributed by atoms with van der Waals surface area (Å²) in [6.45, 7) is 2.33. The molecule has 4 heteroatoms. The number of hydrogen-bond acceptors (Lipinski definition) is 2. The molecule has 82 valence electrons. The van der Waals surface area contributed by atoms with Gasteiger partial charge in [0.05, 0.1) is 34.3 Å². The summed E-state index contributed by atoms with van der Waals surface area (Å²) in [4.78, 5) is 0. The van der Waals surface area contributed by atoms with Gasteiger partial charge in [-0.3, -0.25) is 0 Å². The molecule has 0 saturated heterocycles. The fourth-order valence-electron chi connectivity index (χ4n) is 3.34. The van der Waals surface area contributed by atoms with Gasteiger partial charge in [-0.1, -0.05) is 18.6 Å². The minimum absolute atomic E-state index is 1.00. The quantitative estimate of drug-likeness (QED) is 0.746. The molecule has 0 spiro atoms. The summed E-state index contributed by atoms with van der Waals surface area (Å²) < 4.78 is 1.94. The van der Waals surface area contributed by atoms with Crippen LogP contribution in [0.15, 0.2) is 0 Å². The van der Waals surface area contributed by atoms with Gasteiger partial charge in [0.1, 0.15) is 0 Å². The van der Waals surface area contributed by atoms with Crippen molar-refractivity contribution in [1.29, 1.82) is 0 Å². The molecule has 1 fully saturated rings. The molecule has 2 aliphatic rings. The van der Waals surface area contributed by atoms with E-state index in [1.807, 2.05) is 2.90 Å². The summed E-state index contributed by atoms with van der Waals surface area (Å²) in [5.41, 5.74) is 2.63. The Morgan fingerprint density at radius 1 is 1.33 bits per heavy atom. The predicted octanol–water partition coefficient (Wildman–Crippen LogP) is 2.63. The standard InChI is InChI=1S/C11H16IN3/c1-2-7-8-3-5-10-11(6-4-9(7)8)15(12)14-13-10/h7-9H,2-6H2,1H3/t7-,8+,9-/m1/s1. The molecule has 3 nitrogen and oxygen atoms in total. The third-order valence-corrected chi connectivity index (χ3v) is 4.98. The molecule has 0 bridgehead atoms. The molecule has 0 aromatic carbocycles. The van der Waals surface area contributed by atoms with Crippen molar-refractivity contribution in [2.75, 3.05) is 0 Å². The zero-order chi connectivity index (χ0) is 10.4. The number of aromatic nitrogens is 3. The third-order valence-electron chi connectivity index (χ3n) is 4.21. The van der Waals surface area contributed by atoms with Gasteiger partial charge in [-0.05, 0) is 43.4 Å². The van der Waals surface area contributed by atoms with E-state index < -0.39 is 0 Å². The first-order chi connectivity index (χ1) is 7.31. The highest BCUT2D eigenvalue weighted by Crippen LogP contribution is 2.54. The zero-order valence-corrected chi connectivity index (χ0v) is 11.1. The highest BCUT2D eigenvalue weighted by Gasteiger charge is 2.48. The molecule has 0 N–H and O–H groups in total. The lowest BCUT2D eigenvalue weighted by atomic mass is 10.0. The topological polar surface area (TPSA) is 30.7 Å². The molecular formula is C11H16IN3. The molecule has 0 radical (unpaired) electrons. The average Bonchev–Trinajstić information content (AvgIpc) is 2.76. The maximum absolute atomic E-state index is 4.27. The van der Waals surface area contributed by atoms with E-state index >= 15 is 0 Å². The predicted molar refractivity (Wildman–Crippen MR) is 66.8 cm³/mol. The van der Waals surface area contributed by atoms with Crippen molar-refractivity contribution < 1.29 is 0 Å². The lowest BCUT2D eigenvalue weighted by Gasteiger charge is -2.06. The van der Waals surface area contributed by atoms with Crippen LogP contribution in [0.25, 0.3) is 0 Å². The van der Waals surface area contributed by atoms with Gasteiger partial charge >= 0.3 is 0 Å². The summed E-state index contributed by atoms with van der Waals surface area (Å²) in [6.07, 6.45) is 6.40. The van der Waals surface area contributed by atoms with E-state index in [0.717, 1.165) is 24.2 Å². The fraction of sp³-hybridized carbons (Fsp3) is 0.818. The third kappa shape index (κ3) is 1.61.